The molecule has 0 saturated heterocycles. The number of hydrogen-bond donors (Lipinski definition) is 4. The van der Waals surface area contributed by atoms with Crippen LogP contribution in [0.4, 0.5) is 10.1 Å². The molecule has 0 radical (unpaired) electrons. The van der Waals surface area contributed by atoms with Crippen LogP contribution in [0, 0.1) is 5.82 Å². The molecule has 1 aromatic rings. The summed E-state index contributed by atoms with van der Waals surface area (Å²) in [4.78, 5) is 33.0. The molecule has 0 aliphatic rings. The van der Waals surface area contributed by atoms with Crippen LogP contribution in [-0.4, -0.2) is 34.1 Å². The van der Waals surface area contributed by atoms with E-state index in [2.05, 4.69) is 5.32 Å². The van der Waals surface area contributed by atoms with Gasteiger partial charge in [-0.1, -0.05) is 0 Å². The van der Waals surface area contributed by atoms with Crippen molar-refractivity contribution in [2.75, 3.05) is 5.73 Å². The fraction of sp³-hybridized carbons (Fsp3) is 0.250. The average molecular weight is 284 g/mol. The van der Waals surface area contributed by atoms with E-state index in [4.69, 9.17) is 15.9 Å². The predicted molar refractivity (Wildman–Crippen MR) is 66.6 cm³/mol. The first-order valence-corrected chi connectivity index (χ1v) is 5.61. The number of amides is 1. The SMILES string of the molecule is Nc1ccc(C(=O)N[C@H](CCC(=O)O)C(=O)O)c(F)c1. The summed E-state index contributed by atoms with van der Waals surface area (Å²) in [6.45, 7) is 0. The molecule has 0 spiro atoms. The van der Waals surface area contributed by atoms with E-state index in [1.165, 1.54) is 6.07 Å². The number of carbonyl (C=O) groups is 3. The molecule has 1 rings (SSSR count). The van der Waals surface area contributed by atoms with Gasteiger partial charge in [0.25, 0.3) is 5.91 Å². The minimum atomic E-state index is -1.41. The third-order valence-corrected chi connectivity index (χ3v) is 2.49. The lowest BCUT2D eigenvalue weighted by atomic mass is 10.1. The number of benzene rings is 1. The third-order valence-electron chi connectivity index (χ3n) is 2.49. The van der Waals surface area contributed by atoms with Gasteiger partial charge in [0, 0.05) is 12.1 Å². The lowest BCUT2D eigenvalue weighted by Crippen LogP contribution is -2.41. The van der Waals surface area contributed by atoms with Crippen molar-refractivity contribution in [3.05, 3.63) is 29.6 Å². The highest BCUT2D eigenvalue weighted by Crippen LogP contribution is 2.12. The average Bonchev–Trinajstić information content (AvgIpc) is 2.33. The molecule has 0 heterocycles. The van der Waals surface area contributed by atoms with Gasteiger partial charge in [-0.05, 0) is 24.6 Å². The minimum Gasteiger partial charge on any atom is -0.481 e. The van der Waals surface area contributed by atoms with Crippen LogP contribution in [0.15, 0.2) is 18.2 Å². The van der Waals surface area contributed by atoms with E-state index in [-0.39, 0.29) is 17.7 Å². The normalized spacial score (nSPS) is 11.7. The molecule has 0 bridgehead atoms. The van der Waals surface area contributed by atoms with Gasteiger partial charge < -0.3 is 21.3 Å². The number of carboxylic acid groups (broad SMARTS) is 2. The van der Waals surface area contributed by atoms with Gasteiger partial charge in [0.2, 0.25) is 0 Å². The van der Waals surface area contributed by atoms with Crippen molar-refractivity contribution >= 4 is 23.5 Å². The highest BCUT2D eigenvalue weighted by Gasteiger charge is 2.23. The second kappa shape index (κ2) is 6.50. The van der Waals surface area contributed by atoms with E-state index in [1.54, 1.807) is 0 Å². The largest absolute Gasteiger partial charge is 0.481 e. The van der Waals surface area contributed by atoms with Crippen molar-refractivity contribution in [2.45, 2.75) is 18.9 Å². The van der Waals surface area contributed by atoms with Gasteiger partial charge in [-0.25, -0.2) is 9.18 Å². The first-order chi connectivity index (χ1) is 9.31. The molecular weight excluding hydrogens is 271 g/mol. The molecule has 0 aromatic heterocycles. The first kappa shape index (κ1) is 15.4. The maximum atomic E-state index is 13.5. The number of halogens is 1. The highest BCUT2D eigenvalue weighted by atomic mass is 19.1. The molecule has 0 aliphatic carbocycles. The van der Waals surface area contributed by atoms with Crippen LogP contribution in [0.2, 0.25) is 0 Å². The lowest BCUT2D eigenvalue weighted by molar-refractivity contribution is -0.140. The fourth-order valence-electron chi connectivity index (χ4n) is 1.48. The zero-order chi connectivity index (χ0) is 15.3. The summed E-state index contributed by atoms with van der Waals surface area (Å²) in [7, 11) is 0. The monoisotopic (exact) mass is 284 g/mol. The molecular formula is C12H13FN2O5. The molecule has 8 heteroatoms. The smallest absolute Gasteiger partial charge is 0.326 e. The van der Waals surface area contributed by atoms with Gasteiger partial charge in [0.15, 0.2) is 0 Å². The molecule has 7 nitrogen and oxygen atoms in total. The molecule has 0 aliphatic heterocycles. The van der Waals surface area contributed by atoms with Gasteiger partial charge in [-0.2, -0.15) is 0 Å². The van der Waals surface area contributed by atoms with E-state index < -0.39 is 36.1 Å². The van der Waals surface area contributed by atoms with Gasteiger partial charge >= 0.3 is 11.9 Å². The zero-order valence-corrected chi connectivity index (χ0v) is 10.3. The molecule has 1 aromatic carbocycles. The summed E-state index contributed by atoms with van der Waals surface area (Å²) in [5, 5.41) is 19.4. The van der Waals surface area contributed by atoms with Crippen molar-refractivity contribution in [1.29, 1.82) is 0 Å². The minimum absolute atomic E-state index is 0.125. The molecule has 0 unspecified atom stereocenters. The Hall–Kier alpha value is -2.64. The lowest BCUT2D eigenvalue weighted by Gasteiger charge is -2.14. The topological polar surface area (TPSA) is 130 Å². The zero-order valence-electron chi connectivity index (χ0n) is 10.3. The first-order valence-electron chi connectivity index (χ1n) is 5.61. The number of anilines is 1. The van der Waals surface area contributed by atoms with Crippen LogP contribution in [0.3, 0.4) is 0 Å². The molecule has 1 amide bonds. The number of nitrogens with two attached hydrogens (primary N) is 1. The van der Waals surface area contributed by atoms with Crippen LogP contribution in [0.1, 0.15) is 23.2 Å². The Morgan fingerprint density at radius 1 is 1.30 bits per heavy atom. The maximum Gasteiger partial charge on any atom is 0.326 e. The Kier molecular flexibility index (Phi) is 5.01. The summed E-state index contributed by atoms with van der Waals surface area (Å²) >= 11 is 0. The van der Waals surface area contributed by atoms with Crippen molar-refractivity contribution in [2.24, 2.45) is 0 Å². The van der Waals surface area contributed by atoms with E-state index in [1.807, 2.05) is 0 Å². The number of carbonyl (C=O) groups excluding carboxylic acids is 1. The quantitative estimate of drug-likeness (QED) is 0.561. The van der Waals surface area contributed by atoms with Gasteiger partial charge in [-0.3, -0.25) is 9.59 Å². The van der Waals surface area contributed by atoms with Gasteiger partial charge in [-0.15, -0.1) is 0 Å². The van der Waals surface area contributed by atoms with Gasteiger partial charge in [0.05, 0.1) is 5.56 Å². The molecule has 108 valence electrons. The van der Waals surface area contributed by atoms with Crippen LogP contribution < -0.4 is 11.1 Å². The van der Waals surface area contributed by atoms with E-state index >= 15 is 0 Å². The van der Waals surface area contributed by atoms with Crippen molar-refractivity contribution in [3.8, 4) is 0 Å². The van der Waals surface area contributed by atoms with E-state index in [9.17, 15) is 18.8 Å². The van der Waals surface area contributed by atoms with Crippen molar-refractivity contribution < 1.29 is 29.0 Å². The molecule has 1 atom stereocenters. The number of nitrogen functional groups attached to an aromatic ring is 1. The summed E-state index contributed by atoms with van der Waals surface area (Å²) in [5.41, 5.74) is 5.09. The molecule has 0 saturated carbocycles. The summed E-state index contributed by atoms with van der Waals surface area (Å²) in [6, 6.07) is 1.94. The summed E-state index contributed by atoms with van der Waals surface area (Å²) < 4.78 is 13.5. The fourth-order valence-corrected chi connectivity index (χ4v) is 1.48. The Labute approximate surface area is 113 Å². The number of aliphatic carboxylic acids is 2. The second-order valence-corrected chi connectivity index (χ2v) is 4.04. The molecule has 0 fully saturated rings. The Bertz CT molecular complexity index is 547. The Morgan fingerprint density at radius 2 is 1.95 bits per heavy atom. The van der Waals surface area contributed by atoms with E-state index in [0.29, 0.717) is 0 Å². The predicted octanol–water partition coefficient (Wildman–Crippen LogP) is 0.456. The van der Waals surface area contributed by atoms with Crippen LogP contribution >= 0.6 is 0 Å². The number of rotatable bonds is 6. The number of carboxylic acids is 2. The standard InChI is InChI=1S/C12H13FN2O5/c13-8-5-6(14)1-2-7(8)11(18)15-9(12(19)20)3-4-10(16)17/h1-2,5,9H,3-4,14H2,(H,15,18)(H,16,17)(H,19,20)/t9-/m1/s1. The number of nitrogens with one attached hydrogen (secondary N) is 1. The van der Waals surface area contributed by atoms with Crippen LogP contribution in [0.25, 0.3) is 0 Å². The number of hydrogen-bond acceptors (Lipinski definition) is 4. The second-order valence-electron chi connectivity index (χ2n) is 4.04. The highest BCUT2D eigenvalue weighted by molar-refractivity contribution is 5.97. The molecule has 20 heavy (non-hydrogen) atoms. The van der Waals surface area contributed by atoms with Crippen LogP contribution in [0.5, 0.6) is 0 Å². The van der Waals surface area contributed by atoms with Crippen molar-refractivity contribution in [1.82, 2.24) is 5.32 Å². The maximum absolute atomic E-state index is 13.5. The van der Waals surface area contributed by atoms with Crippen LogP contribution in [-0.2, 0) is 9.59 Å². The Balaban J connectivity index is 2.80. The Morgan fingerprint density at radius 3 is 2.45 bits per heavy atom. The van der Waals surface area contributed by atoms with E-state index in [0.717, 1.165) is 12.1 Å². The molecule has 5 N–H and O–H groups in total. The van der Waals surface area contributed by atoms with Gasteiger partial charge in [0.1, 0.15) is 11.9 Å². The van der Waals surface area contributed by atoms with Crippen molar-refractivity contribution in [3.63, 3.8) is 0 Å². The summed E-state index contributed by atoms with van der Waals surface area (Å²) in [5.74, 6) is -4.41. The third kappa shape index (κ3) is 4.23. The summed E-state index contributed by atoms with van der Waals surface area (Å²) in [6.07, 6.45) is -0.728.